The van der Waals surface area contributed by atoms with Gasteiger partial charge in [0.15, 0.2) is 6.54 Å². The summed E-state index contributed by atoms with van der Waals surface area (Å²) >= 11 is 6.04. The van der Waals surface area contributed by atoms with Crippen molar-refractivity contribution in [2.75, 3.05) is 37.6 Å². The molecular formula is C18H22ClN4O3+. The van der Waals surface area contributed by atoms with Crippen LogP contribution in [0.15, 0.2) is 47.1 Å². The SMILES string of the molecule is O=C(C[NH+]1CCN(c2cccc(Cl)c2)CC1)NC(=O)NCc1ccco1. The van der Waals surface area contributed by atoms with Crippen LogP contribution in [0.5, 0.6) is 0 Å². The lowest BCUT2D eigenvalue weighted by Gasteiger charge is -2.33. The highest BCUT2D eigenvalue weighted by Crippen LogP contribution is 2.19. The summed E-state index contributed by atoms with van der Waals surface area (Å²) in [6, 6.07) is 10.8. The zero-order chi connectivity index (χ0) is 18.4. The van der Waals surface area contributed by atoms with Crippen molar-refractivity contribution in [1.82, 2.24) is 10.6 Å². The van der Waals surface area contributed by atoms with Crippen LogP contribution in [0.4, 0.5) is 10.5 Å². The Kier molecular flexibility index (Phi) is 6.14. The number of piperazine rings is 1. The van der Waals surface area contributed by atoms with Gasteiger partial charge in [-0.05, 0) is 30.3 Å². The van der Waals surface area contributed by atoms with Crippen molar-refractivity contribution in [1.29, 1.82) is 0 Å². The first-order valence-corrected chi connectivity index (χ1v) is 8.92. The van der Waals surface area contributed by atoms with Gasteiger partial charge in [-0.25, -0.2) is 4.79 Å². The molecule has 2 aromatic rings. The van der Waals surface area contributed by atoms with Crippen molar-refractivity contribution >= 4 is 29.2 Å². The maximum Gasteiger partial charge on any atom is 0.321 e. The highest BCUT2D eigenvalue weighted by molar-refractivity contribution is 6.30. The number of quaternary nitrogens is 1. The number of nitrogens with one attached hydrogen (secondary N) is 3. The Morgan fingerprint density at radius 3 is 2.69 bits per heavy atom. The smallest absolute Gasteiger partial charge is 0.321 e. The minimum atomic E-state index is -0.511. The number of nitrogens with zero attached hydrogens (tertiary/aromatic N) is 1. The molecule has 26 heavy (non-hydrogen) atoms. The van der Waals surface area contributed by atoms with Gasteiger partial charge in [0.25, 0.3) is 5.91 Å². The number of benzene rings is 1. The molecule has 1 aromatic carbocycles. The molecular weight excluding hydrogens is 356 g/mol. The van der Waals surface area contributed by atoms with Crippen LogP contribution in [0.1, 0.15) is 5.76 Å². The first kappa shape index (κ1) is 18.3. The van der Waals surface area contributed by atoms with E-state index in [0.717, 1.165) is 41.8 Å². The summed E-state index contributed by atoms with van der Waals surface area (Å²) in [4.78, 5) is 27.2. The summed E-state index contributed by atoms with van der Waals surface area (Å²) in [6.45, 7) is 3.86. The molecule has 0 unspecified atom stereocenters. The molecule has 0 atom stereocenters. The Morgan fingerprint density at radius 2 is 2.00 bits per heavy atom. The van der Waals surface area contributed by atoms with Gasteiger partial charge in [0.2, 0.25) is 0 Å². The number of carbonyl (C=O) groups is 2. The van der Waals surface area contributed by atoms with Gasteiger partial charge in [-0.1, -0.05) is 17.7 Å². The van der Waals surface area contributed by atoms with E-state index in [0.29, 0.717) is 5.76 Å². The van der Waals surface area contributed by atoms with Crippen LogP contribution < -0.4 is 20.4 Å². The van der Waals surface area contributed by atoms with E-state index >= 15 is 0 Å². The third kappa shape index (κ3) is 5.24. The van der Waals surface area contributed by atoms with Crippen molar-refractivity contribution in [3.63, 3.8) is 0 Å². The number of amides is 3. The molecule has 3 N–H and O–H groups in total. The standard InChI is InChI=1S/C18H21ClN4O3/c19-14-3-1-4-15(11-14)23-8-6-22(7-9-23)13-17(24)21-18(25)20-12-16-5-2-10-26-16/h1-5,10-11H,6-9,12-13H2,(H2,20,21,24,25)/p+1. The molecule has 1 aliphatic rings. The van der Waals surface area contributed by atoms with Gasteiger partial charge in [-0.15, -0.1) is 0 Å². The first-order valence-electron chi connectivity index (χ1n) is 8.54. The zero-order valence-electron chi connectivity index (χ0n) is 14.3. The Hall–Kier alpha value is -2.51. The van der Waals surface area contributed by atoms with Gasteiger partial charge in [0.05, 0.1) is 39.0 Å². The number of rotatable bonds is 5. The number of carbonyl (C=O) groups excluding carboxylic acids is 2. The normalized spacial score (nSPS) is 14.9. The van der Waals surface area contributed by atoms with Gasteiger partial charge in [-0.2, -0.15) is 0 Å². The minimum Gasteiger partial charge on any atom is -0.467 e. The van der Waals surface area contributed by atoms with E-state index in [1.54, 1.807) is 12.1 Å². The average molecular weight is 378 g/mol. The Bertz CT molecular complexity index is 743. The van der Waals surface area contributed by atoms with Crippen LogP contribution in [0, 0.1) is 0 Å². The summed E-state index contributed by atoms with van der Waals surface area (Å²) in [7, 11) is 0. The average Bonchev–Trinajstić information content (AvgIpc) is 3.14. The molecule has 8 heteroatoms. The molecule has 7 nitrogen and oxygen atoms in total. The molecule has 0 aliphatic carbocycles. The largest absolute Gasteiger partial charge is 0.467 e. The zero-order valence-corrected chi connectivity index (χ0v) is 15.1. The molecule has 0 bridgehead atoms. The fourth-order valence-electron chi connectivity index (χ4n) is 2.95. The topological polar surface area (TPSA) is 79.0 Å². The quantitative estimate of drug-likeness (QED) is 0.715. The molecule has 3 rings (SSSR count). The number of halogens is 1. The van der Waals surface area contributed by atoms with Crippen molar-refractivity contribution in [3.8, 4) is 0 Å². The molecule has 1 aliphatic heterocycles. The van der Waals surface area contributed by atoms with Crippen molar-refractivity contribution in [2.24, 2.45) is 0 Å². The van der Waals surface area contributed by atoms with E-state index in [1.165, 1.54) is 6.26 Å². The third-order valence-corrected chi connectivity index (χ3v) is 4.55. The number of urea groups is 1. The summed E-state index contributed by atoms with van der Waals surface area (Å²) in [6.07, 6.45) is 1.53. The van der Waals surface area contributed by atoms with Crippen molar-refractivity contribution < 1.29 is 18.9 Å². The number of furan rings is 1. The first-order chi connectivity index (χ1) is 12.6. The number of hydrogen-bond donors (Lipinski definition) is 3. The Labute approximate surface area is 156 Å². The molecule has 0 radical (unpaired) electrons. The monoisotopic (exact) mass is 377 g/mol. The highest BCUT2D eigenvalue weighted by Gasteiger charge is 2.23. The van der Waals surface area contributed by atoms with Crippen LogP contribution in [0.25, 0.3) is 0 Å². The lowest BCUT2D eigenvalue weighted by Crippen LogP contribution is -3.16. The van der Waals surface area contributed by atoms with Crippen molar-refractivity contribution in [2.45, 2.75) is 6.54 Å². The van der Waals surface area contributed by atoms with Gasteiger partial charge < -0.3 is 19.5 Å². The van der Waals surface area contributed by atoms with Crippen LogP contribution in [-0.4, -0.2) is 44.7 Å². The molecule has 2 heterocycles. The van der Waals surface area contributed by atoms with Gasteiger partial charge >= 0.3 is 6.03 Å². The van der Waals surface area contributed by atoms with Crippen LogP contribution in [0.2, 0.25) is 5.02 Å². The third-order valence-electron chi connectivity index (χ3n) is 4.31. The Balaban J connectivity index is 1.38. The van der Waals surface area contributed by atoms with E-state index in [9.17, 15) is 9.59 Å². The molecule has 3 amide bonds. The number of imide groups is 1. The molecule has 0 spiro atoms. The lowest BCUT2D eigenvalue weighted by molar-refractivity contribution is -0.892. The predicted molar refractivity (Wildman–Crippen MR) is 98.3 cm³/mol. The second kappa shape index (κ2) is 8.73. The van der Waals surface area contributed by atoms with Crippen molar-refractivity contribution in [3.05, 3.63) is 53.4 Å². The summed E-state index contributed by atoms with van der Waals surface area (Å²) < 4.78 is 5.12. The number of anilines is 1. The van der Waals surface area contributed by atoms with E-state index in [2.05, 4.69) is 15.5 Å². The molecule has 1 fully saturated rings. The summed E-state index contributed by atoms with van der Waals surface area (Å²) in [5, 5.41) is 5.67. The summed E-state index contributed by atoms with van der Waals surface area (Å²) in [5.74, 6) is 0.350. The molecule has 1 saturated heterocycles. The van der Waals surface area contributed by atoms with Crippen LogP contribution in [0.3, 0.4) is 0 Å². The van der Waals surface area contributed by atoms with Crippen LogP contribution >= 0.6 is 11.6 Å². The fourth-order valence-corrected chi connectivity index (χ4v) is 3.14. The molecule has 138 valence electrons. The van der Waals surface area contributed by atoms with E-state index in [1.807, 2.05) is 24.3 Å². The second-order valence-corrected chi connectivity index (χ2v) is 6.64. The Morgan fingerprint density at radius 1 is 1.19 bits per heavy atom. The fraction of sp³-hybridized carbons (Fsp3) is 0.333. The van der Waals surface area contributed by atoms with Gasteiger partial charge in [-0.3, -0.25) is 10.1 Å². The second-order valence-electron chi connectivity index (χ2n) is 6.20. The molecule has 0 saturated carbocycles. The molecule has 1 aromatic heterocycles. The predicted octanol–water partition coefficient (Wildman–Crippen LogP) is 0.664. The minimum absolute atomic E-state index is 0.247. The highest BCUT2D eigenvalue weighted by atomic mass is 35.5. The van der Waals surface area contributed by atoms with Crippen LogP contribution in [-0.2, 0) is 11.3 Å². The van der Waals surface area contributed by atoms with E-state index in [4.69, 9.17) is 16.0 Å². The number of hydrogen-bond acceptors (Lipinski definition) is 4. The maximum absolute atomic E-state index is 12.0. The summed E-state index contributed by atoms with van der Waals surface area (Å²) in [5.41, 5.74) is 1.10. The van der Waals surface area contributed by atoms with Gasteiger partial charge in [0.1, 0.15) is 5.76 Å². The van der Waals surface area contributed by atoms with E-state index in [-0.39, 0.29) is 19.0 Å². The van der Waals surface area contributed by atoms with Gasteiger partial charge in [0, 0.05) is 10.7 Å². The maximum atomic E-state index is 12.0. The lowest BCUT2D eigenvalue weighted by atomic mass is 10.2. The van der Waals surface area contributed by atoms with E-state index < -0.39 is 6.03 Å².